The summed E-state index contributed by atoms with van der Waals surface area (Å²) in [7, 11) is 1.64. The van der Waals surface area contributed by atoms with Gasteiger partial charge in [-0.1, -0.05) is 19.9 Å². The summed E-state index contributed by atoms with van der Waals surface area (Å²) in [5, 5.41) is 20.5. The van der Waals surface area contributed by atoms with Crippen molar-refractivity contribution >= 4 is 11.6 Å². The number of aromatic hydroxyl groups is 1. The number of para-hydroxylation sites is 1. The Labute approximate surface area is 111 Å². The third-order valence-corrected chi connectivity index (χ3v) is 3.25. The molecule has 0 saturated heterocycles. The third-order valence-electron chi connectivity index (χ3n) is 3.25. The highest BCUT2D eigenvalue weighted by Crippen LogP contribution is 2.30. The maximum Gasteiger partial charge on any atom is 0.311 e. The monoisotopic (exact) mass is 266 g/mol. The Morgan fingerprint density at radius 1 is 1.42 bits per heavy atom. The summed E-state index contributed by atoms with van der Waals surface area (Å²) in [5.41, 5.74) is -0.493. The van der Waals surface area contributed by atoms with E-state index in [0.29, 0.717) is 0 Å². The summed E-state index contributed by atoms with van der Waals surface area (Å²) in [5.74, 6) is -0.981. The molecule has 0 aliphatic heterocycles. The van der Waals surface area contributed by atoms with Gasteiger partial charge in [-0.2, -0.15) is 0 Å². The molecule has 1 N–H and O–H groups in total. The molecule has 0 atom stereocenters. The molecule has 6 nitrogen and oxygen atoms in total. The first-order valence-corrected chi connectivity index (χ1v) is 6.17. The lowest BCUT2D eigenvalue weighted by Gasteiger charge is -2.26. The largest absolute Gasteiger partial charge is 0.502 e. The molecular weight excluding hydrogens is 248 g/mol. The van der Waals surface area contributed by atoms with Gasteiger partial charge in [0.25, 0.3) is 5.91 Å². The minimum absolute atomic E-state index is 0.0383. The number of carbonyl (C=O) groups is 1. The van der Waals surface area contributed by atoms with Crippen LogP contribution < -0.4 is 0 Å². The molecule has 1 rings (SSSR count). The zero-order valence-electron chi connectivity index (χ0n) is 11.3. The lowest BCUT2D eigenvalue weighted by atomic mass is 10.1. The van der Waals surface area contributed by atoms with Crippen LogP contribution in [0.1, 0.15) is 37.0 Å². The Hall–Kier alpha value is -2.11. The van der Waals surface area contributed by atoms with Gasteiger partial charge in [-0.05, 0) is 18.9 Å². The van der Waals surface area contributed by atoms with Crippen molar-refractivity contribution in [2.45, 2.75) is 32.7 Å². The number of benzene rings is 1. The smallest absolute Gasteiger partial charge is 0.311 e. The predicted octanol–water partition coefficient (Wildman–Crippen LogP) is 2.56. The quantitative estimate of drug-likeness (QED) is 0.655. The maximum absolute atomic E-state index is 12.2. The zero-order chi connectivity index (χ0) is 14.6. The standard InChI is InChI=1S/C13H18N2O4/c1-4-9(5-2)14(3)13(17)10-7-6-8-11(12(10)16)15(18)19/h6-9,16H,4-5H2,1-3H3. The second-order valence-corrected chi connectivity index (χ2v) is 4.32. The van der Waals surface area contributed by atoms with Crippen LogP contribution >= 0.6 is 0 Å². The molecular formula is C13H18N2O4. The number of hydrogen-bond acceptors (Lipinski definition) is 4. The number of phenolic OH excluding ortho intramolecular Hbond substituents is 1. The molecule has 0 aromatic heterocycles. The van der Waals surface area contributed by atoms with Crippen molar-refractivity contribution in [2.24, 2.45) is 0 Å². The van der Waals surface area contributed by atoms with Crippen molar-refractivity contribution in [2.75, 3.05) is 7.05 Å². The second kappa shape index (κ2) is 6.17. The van der Waals surface area contributed by atoms with Crippen LogP contribution in [0.5, 0.6) is 5.75 Å². The predicted molar refractivity (Wildman–Crippen MR) is 71.2 cm³/mol. The molecule has 104 valence electrons. The van der Waals surface area contributed by atoms with Crippen LogP contribution in [-0.2, 0) is 0 Å². The van der Waals surface area contributed by atoms with E-state index in [4.69, 9.17) is 0 Å². The molecule has 0 spiro atoms. The average molecular weight is 266 g/mol. The molecule has 0 saturated carbocycles. The minimum atomic E-state index is -0.705. The van der Waals surface area contributed by atoms with Crippen LogP contribution in [0.25, 0.3) is 0 Å². The van der Waals surface area contributed by atoms with E-state index >= 15 is 0 Å². The number of hydrogen-bond donors (Lipinski definition) is 1. The normalized spacial score (nSPS) is 10.5. The number of amides is 1. The molecule has 0 unspecified atom stereocenters. The summed E-state index contributed by atoms with van der Waals surface area (Å²) in [6.07, 6.45) is 1.57. The molecule has 6 heteroatoms. The van der Waals surface area contributed by atoms with E-state index in [1.165, 1.54) is 23.1 Å². The zero-order valence-corrected chi connectivity index (χ0v) is 11.3. The first kappa shape index (κ1) is 14.9. The van der Waals surface area contributed by atoms with Crippen molar-refractivity contribution in [3.05, 3.63) is 33.9 Å². The van der Waals surface area contributed by atoms with E-state index in [0.717, 1.165) is 12.8 Å². The number of carbonyl (C=O) groups excluding carboxylic acids is 1. The van der Waals surface area contributed by atoms with Crippen LogP contribution in [0.3, 0.4) is 0 Å². The highest BCUT2D eigenvalue weighted by molar-refractivity contribution is 5.98. The number of phenols is 1. The first-order valence-electron chi connectivity index (χ1n) is 6.17. The van der Waals surface area contributed by atoms with Gasteiger partial charge in [0, 0.05) is 19.2 Å². The number of nitro benzene ring substituents is 1. The summed E-state index contributed by atoms with van der Waals surface area (Å²) < 4.78 is 0. The maximum atomic E-state index is 12.2. The summed E-state index contributed by atoms with van der Waals surface area (Å²) >= 11 is 0. The Kier molecular flexibility index (Phi) is 4.86. The highest BCUT2D eigenvalue weighted by atomic mass is 16.6. The van der Waals surface area contributed by atoms with Crippen LogP contribution in [0.15, 0.2) is 18.2 Å². The van der Waals surface area contributed by atoms with Gasteiger partial charge in [-0.25, -0.2) is 0 Å². The van der Waals surface area contributed by atoms with Gasteiger partial charge in [0.15, 0.2) is 0 Å². The minimum Gasteiger partial charge on any atom is -0.502 e. The van der Waals surface area contributed by atoms with Gasteiger partial charge in [-0.15, -0.1) is 0 Å². The molecule has 19 heavy (non-hydrogen) atoms. The van der Waals surface area contributed by atoms with Crippen LogP contribution in [0.4, 0.5) is 5.69 Å². The fraction of sp³-hybridized carbons (Fsp3) is 0.462. The molecule has 0 aliphatic carbocycles. The van der Waals surface area contributed by atoms with Crippen molar-refractivity contribution in [1.29, 1.82) is 0 Å². The fourth-order valence-electron chi connectivity index (χ4n) is 2.04. The summed E-state index contributed by atoms with van der Waals surface area (Å²) in [6, 6.07) is 4.00. The van der Waals surface area contributed by atoms with E-state index < -0.39 is 22.3 Å². The fourth-order valence-corrected chi connectivity index (χ4v) is 2.04. The van der Waals surface area contributed by atoms with E-state index in [9.17, 15) is 20.0 Å². The molecule has 1 amide bonds. The summed E-state index contributed by atoms with van der Waals surface area (Å²) in [4.78, 5) is 23.8. The highest BCUT2D eigenvalue weighted by Gasteiger charge is 2.25. The second-order valence-electron chi connectivity index (χ2n) is 4.32. The number of rotatable bonds is 5. The molecule has 0 heterocycles. The van der Waals surface area contributed by atoms with Crippen LogP contribution in [-0.4, -0.2) is 33.9 Å². The van der Waals surface area contributed by atoms with Gasteiger partial charge in [-0.3, -0.25) is 14.9 Å². The van der Waals surface area contributed by atoms with Gasteiger partial charge in [0.1, 0.15) is 0 Å². The third kappa shape index (κ3) is 3.01. The number of nitro groups is 1. The van der Waals surface area contributed by atoms with E-state index in [1.54, 1.807) is 7.05 Å². The van der Waals surface area contributed by atoms with Gasteiger partial charge >= 0.3 is 5.69 Å². The topological polar surface area (TPSA) is 83.7 Å². The Bertz CT molecular complexity index is 484. The van der Waals surface area contributed by atoms with Crippen molar-refractivity contribution in [3.63, 3.8) is 0 Å². The Morgan fingerprint density at radius 3 is 2.47 bits per heavy atom. The van der Waals surface area contributed by atoms with Crippen LogP contribution in [0.2, 0.25) is 0 Å². The van der Waals surface area contributed by atoms with Crippen molar-refractivity contribution in [1.82, 2.24) is 4.90 Å². The molecule has 1 aromatic rings. The lowest BCUT2D eigenvalue weighted by Crippen LogP contribution is -2.36. The molecule has 0 fully saturated rings. The van der Waals surface area contributed by atoms with Crippen LogP contribution in [0, 0.1) is 10.1 Å². The molecule has 0 bridgehead atoms. The first-order chi connectivity index (χ1) is 8.93. The van der Waals surface area contributed by atoms with E-state index in [-0.39, 0.29) is 11.6 Å². The molecule has 0 aliphatic rings. The average Bonchev–Trinajstić information content (AvgIpc) is 2.39. The van der Waals surface area contributed by atoms with Gasteiger partial charge in [0.05, 0.1) is 10.5 Å². The molecule has 1 aromatic carbocycles. The van der Waals surface area contributed by atoms with Crippen molar-refractivity contribution < 1.29 is 14.8 Å². The van der Waals surface area contributed by atoms with E-state index in [1.807, 2.05) is 13.8 Å². The van der Waals surface area contributed by atoms with Crippen molar-refractivity contribution in [3.8, 4) is 5.75 Å². The van der Waals surface area contributed by atoms with Gasteiger partial charge in [0.2, 0.25) is 5.75 Å². The lowest BCUT2D eigenvalue weighted by molar-refractivity contribution is -0.385. The Balaban J connectivity index is 3.13. The van der Waals surface area contributed by atoms with Gasteiger partial charge < -0.3 is 10.0 Å². The molecule has 0 radical (unpaired) electrons. The SMILES string of the molecule is CCC(CC)N(C)C(=O)c1cccc([N+](=O)[O-])c1O. The number of nitrogens with zero attached hydrogens (tertiary/aromatic N) is 2. The van der Waals surface area contributed by atoms with E-state index in [2.05, 4.69) is 0 Å². The summed E-state index contributed by atoms with van der Waals surface area (Å²) in [6.45, 7) is 3.93. The Morgan fingerprint density at radius 2 is 2.00 bits per heavy atom.